The maximum absolute atomic E-state index is 13.5. The van der Waals surface area contributed by atoms with Crippen molar-refractivity contribution >= 4 is 0 Å². The van der Waals surface area contributed by atoms with Crippen molar-refractivity contribution in [2.45, 2.75) is 33.7 Å². The van der Waals surface area contributed by atoms with Crippen LogP contribution in [0.5, 0.6) is 11.5 Å². The highest BCUT2D eigenvalue weighted by Gasteiger charge is 2.09. The molecule has 0 radical (unpaired) electrons. The number of hydrogen-bond acceptors (Lipinski definition) is 2. The lowest BCUT2D eigenvalue weighted by Gasteiger charge is -2.14. The molecule has 112 valence electrons. The molecule has 0 unspecified atom stereocenters. The Morgan fingerprint density at radius 2 is 1.90 bits per heavy atom. The van der Waals surface area contributed by atoms with Gasteiger partial charge in [0.15, 0.2) is 0 Å². The molecule has 0 atom stereocenters. The second-order valence-electron chi connectivity index (χ2n) is 5.23. The van der Waals surface area contributed by atoms with E-state index in [1.54, 1.807) is 6.07 Å². The van der Waals surface area contributed by atoms with Gasteiger partial charge in [0.25, 0.3) is 0 Å². The molecule has 3 heteroatoms. The van der Waals surface area contributed by atoms with Gasteiger partial charge in [-0.05, 0) is 62.2 Å². The second-order valence-corrected chi connectivity index (χ2v) is 5.23. The van der Waals surface area contributed by atoms with Gasteiger partial charge in [-0.2, -0.15) is 0 Å². The third kappa shape index (κ3) is 4.05. The first-order valence-corrected chi connectivity index (χ1v) is 7.35. The van der Waals surface area contributed by atoms with Crippen molar-refractivity contribution in [2.24, 2.45) is 0 Å². The highest BCUT2D eigenvalue weighted by atomic mass is 19.1. The molecule has 0 saturated heterocycles. The Kier molecular flexibility index (Phi) is 5.34. The monoisotopic (exact) mass is 287 g/mol. The fourth-order valence-corrected chi connectivity index (χ4v) is 2.14. The molecule has 0 aliphatic rings. The van der Waals surface area contributed by atoms with E-state index in [0.717, 1.165) is 29.8 Å². The van der Waals surface area contributed by atoms with E-state index in [1.165, 1.54) is 17.7 Å². The lowest BCUT2D eigenvalue weighted by atomic mass is 10.1. The van der Waals surface area contributed by atoms with Crippen LogP contribution in [-0.4, -0.2) is 6.54 Å². The summed E-state index contributed by atoms with van der Waals surface area (Å²) in [6.45, 7) is 7.69. The first-order valence-electron chi connectivity index (χ1n) is 7.35. The van der Waals surface area contributed by atoms with Crippen LogP contribution in [0.4, 0.5) is 4.39 Å². The fraction of sp³-hybridized carbons (Fsp3) is 0.333. The summed E-state index contributed by atoms with van der Waals surface area (Å²) < 4.78 is 19.5. The van der Waals surface area contributed by atoms with Gasteiger partial charge in [0.05, 0.1) is 0 Å². The lowest BCUT2D eigenvalue weighted by molar-refractivity contribution is 0.466. The van der Waals surface area contributed by atoms with Crippen molar-refractivity contribution < 1.29 is 9.13 Å². The van der Waals surface area contributed by atoms with Crippen molar-refractivity contribution in [1.29, 1.82) is 0 Å². The van der Waals surface area contributed by atoms with E-state index in [4.69, 9.17) is 4.74 Å². The van der Waals surface area contributed by atoms with Gasteiger partial charge >= 0.3 is 0 Å². The molecule has 0 aliphatic heterocycles. The smallest absolute Gasteiger partial charge is 0.132 e. The molecule has 0 aliphatic carbocycles. The molecule has 2 aromatic rings. The molecule has 0 heterocycles. The van der Waals surface area contributed by atoms with Crippen LogP contribution >= 0.6 is 0 Å². The molecule has 2 rings (SSSR count). The van der Waals surface area contributed by atoms with Crippen LogP contribution in [0, 0.1) is 19.7 Å². The number of nitrogens with one attached hydrogen (secondary N) is 1. The Bertz CT molecular complexity index is 610. The Morgan fingerprint density at radius 1 is 1.10 bits per heavy atom. The fourth-order valence-electron chi connectivity index (χ4n) is 2.14. The Labute approximate surface area is 126 Å². The third-order valence-corrected chi connectivity index (χ3v) is 3.54. The van der Waals surface area contributed by atoms with E-state index >= 15 is 0 Å². The molecule has 1 N–H and O–H groups in total. The quantitative estimate of drug-likeness (QED) is 0.775. The van der Waals surface area contributed by atoms with Gasteiger partial charge in [-0.15, -0.1) is 0 Å². The highest BCUT2D eigenvalue weighted by Crippen LogP contribution is 2.29. The van der Waals surface area contributed by atoms with E-state index in [1.807, 2.05) is 19.1 Å². The minimum Gasteiger partial charge on any atom is -0.457 e. The summed E-state index contributed by atoms with van der Waals surface area (Å²) in [6.07, 6.45) is 1.04. The maximum atomic E-state index is 13.5. The standard InChI is InChI=1S/C18H22FNO/c1-4-10-20-12-15-11-16(19)8-9-18(15)21-17-7-5-6-13(2)14(17)3/h5-9,11,20H,4,10,12H2,1-3H3. The van der Waals surface area contributed by atoms with Crippen LogP contribution in [0.3, 0.4) is 0 Å². The Balaban J connectivity index is 2.24. The predicted molar refractivity (Wildman–Crippen MR) is 84.4 cm³/mol. The Hall–Kier alpha value is -1.87. The van der Waals surface area contributed by atoms with Gasteiger partial charge in [0.1, 0.15) is 17.3 Å². The summed E-state index contributed by atoms with van der Waals surface area (Å²) in [5, 5.41) is 3.28. The van der Waals surface area contributed by atoms with E-state index in [-0.39, 0.29) is 5.82 Å². The zero-order valence-electron chi connectivity index (χ0n) is 12.9. The third-order valence-electron chi connectivity index (χ3n) is 3.54. The molecule has 2 nitrogen and oxygen atoms in total. The SMILES string of the molecule is CCCNCc1cc(F)ccc1Oc1cccc(C)c1C. The molecule has 21 heavy (non-hydrogen) atoms. The van der Waals surface area contributed by atoms with Crippen molar-refractivity contribution in [2.75, 3.05) is 6.54 Å². The van der Waals surface area contributed by atoms with Crippen molar-refractivity contribution in [3.05, 3.63) is 58.9 Å². The summed E-state index contributed by atoms with van der Waals surface area (Å²) in [7, 11) is 0. The van der Waals surface area contributed by atoms with Gasteiger partial charge < -0.3 is 10.1 Å². The zero-order chi connectivity index (χ0) is 15.2. The van der Waals surface area contributed by atoms with Crippen LogP contribution in [0.15, 0.2) is 36.4 Å². The predicted octanol–water partition coefficient (Wildman–Crippen LogP) is 4.73. The molecule has 2 aromatic carbocycles. The number of benzene rings is 2. The van der Waals surface area contributed by atoms with Crippen molar-refractivity contribution in [3.8, 4) is 11.5 Å². The molecule has 0 aromatic heterocycles. The average molecular weight is 287 g/mol. The molecule has 0 bridgehead atoms. The van der Waals surface area contributed by atoms with Gasteiger partial charge in [0.2, 0.25) is 0 Å². The van der Waals surface area contributed by atoms with Gasteiger partial charge in [-0.1, -0.05) is 19.1 Å². The number of halogens is 1. The van der Waals surface area contributed by atoms with E-state index in [0.29, 0.717) is 12.3 Å². The largest absolute Gasteiger partial charge is 0.457 e. The van der Waals surface area contributed by atoms with Gasteiger partial charge in [-0.25, -0.2) is 4.39 Å². The summed E-state index contributed by atoms with van der Waals surface area (Å²) in [5.74, 6) is 1.28. The summed E-state index contributed by atoms with van der Waals surface area (Å²) in [4.78, 5) is 0. The average Bonchev–Trinajstić information content (AvgIpc) is 2.46. The van der Waals surface area contributed by atoms with Crippen LogP contribution < -0.4 is 10.1 Å². The molecular weight excluding hydrogens is 265 g/mol. The Morgan fingerprint density at radius 3 is 2.67 bits per heavy atom. The lowest BCUT2D eigenvalue weighted by Crippen LogP contribution is -2.14. The summed E-state index contributed by atoms with van der Waals surface area (Å²) in [5.41, 5.74) is 3.12. The molecule has 0 saturated carbocycles. The minimum atomic E-state index is -0.239. The molecule has 0 amide bonds. The second kappa shape index (κ2) is 7.23. The molecule has 0 fully saturated rings. The van der Waals surface area contributed by atoms with Crippen LogP contribution in [0.25, 0.3) is 0 Å². The van der Waals surface area contributed by atoms with E-state index < -0.39 is 0 Å². The van der Waals surface area contributed by atoms with Crippen molar-refractivity contribution in [3.63, 3.8) is 0 Å². The summed E-state index contributed by atoms with van der Waals surface area (Å²) in [6, 6.07) is 10.6. The number of ether oxygens (including phenoxy) is 1. The maximum Gasteiger partial charge on any atom is 0.132 e. The first kappa shape index (κ1) is 15.5. The number of aryl methyl sites for hydroxylation is 1. The van der Waals surface area contributed by atoms with Crippen LogP contribution in [0.2, 0.25) is 0 Å². The van der Waals surface area contributed by atoms with Gasteiger partial charge in [0, 0.05) is 12.1 Å². The number of rotatable bonds is 6. The molecular formula is C18H22FNO. The van der Waals surface area contributed by atoms with Crippen LogP contribution in [0.1, 0.15) is 30.0 Å². The van der Waals surface area contributed by atoms with E-state index in [2.05, 4.69) is 25.2 Å². The van der Waals surface area contributed by atoms with Gasteiger partial charge in [-0.3, -0.25) is 0 Å². The summed E-state index contributed by atoms with van der Waals surface area (Å²) >= 11 is 0. The highest BCUT2D eigenvalue weighted by molar-refractivity contribution is 5.43. The molecule has 0 spiro atoms. The minimum absolute atomic E-state index is 0.239. The zero-order valence-corrected chi connectivity index (χ0v) is 12.9. The topological polar surface area (TPSA) is 21.3 Å². The first-order chi connectivity index (χ1) is 10.1. The number of hydrogen-bond donors (Lipinski definition) is 1. The van der Waals surface area contributed by atoms with Crippen LogP contribution in [-0.2, 0) is 6.54 Å². The van der Waals surface area contributed by atoms with Crippen molar-refractivity contribution in [1.82, 2.24) is 5.32 Å². The van der Waals surface area contributed by atoms with E-state index in [9.17, 15) is 4.39 Å². The normalized spacial score (nSPS) is 10.7.